The molecule has 14 heavy (non-hydrogen) atoms. The summed E-state index contributed by atoms with van der Waals surface area (Å²) in [6.45, 7) is 2.94. The van der Waals surface area contributed by atoms with E-state index >= 15 is 0 Å². The number of morpholine rings is 1. The van der Waals surface area contributed by atoms with Crippen molar-refractivity contribution in [2.45, 2.75) is 19.3 Å². The first-order chi connectivity index (χ1) is 6.79. The van der Waals surface area contributed by atoms with Crippen LogP contribution in [0, 0.1) is 0 Å². The highest BCUT2D eigenvalue weighted by atomic mass is 16.5. The van der Waals surface area contributed by atoms with Crippen molar-refractivity contribution in [2.24, 2.45) is 0 Å². The molecule has 4 nitrogen and oxygen atoms in total. The van der Waals surface area contributed by atoms with Crippen LogP contribution in [0.2, 0.25) is 0 Å². The zero-order chi connectivity index (χ0) is 9.97. The average molecular weight is 197 g/mol. The monoisotopic (exact) mass is 197 g/mol. The van der Waals surface area contributed by atoms with Gasteiger partial charge in [0.15, 0.2) is 11.5 Å². The van der Waals surface area contributed by atoms with Crippen LogP contribution in [0.3, 0.4) is 0 Å². The molecule has 0 aromatic heterocycles. The maximum absolute atomic E-state index is 11.3. The lowest BCUT2D eigenvalue weighted by atomic mass is 10.0. The number of ether oxygens (including phenoxy) is 1. The van der Waals surface area contributed by atoms with Gasteiger partial charge in [0.05, 0.1) is 18.9 Å². The molecule has 1 fully saturated rings. The number of allylic oxidation sites excluding steroid dienone is 2. The predicted octanol–water partition coefficient (Wildman–Crippen LogP) is 0.841. The van der Waals surface area contributed by atoms with Gasteiger partial charge in [-0.05, 0) is 12.8 Å². The van der Waals surface area contributed by atoms with Gasteiger partial charge < -0.3 is 14.7 Å². The van der Waals surface area contributed by atoms with Gasteiger partial charge in [0.25, 0.3) is 0 Å². The fourth-order valence-corrected chi connectivity index (χ4v) is 1.96. The van der Waals surface area contributed by atoms with E-state index in [0.717, 1.165) is 31.6 Å². The Balaban J connectivity index is 2.14. The molecule has 1 saturated heterocycles. The highest BCUT2D eigenvalue weighted by molar-refractivity contribution is 5.94. The van der Waals surface area contributed by atoms with Crippen LogP contribution >= 0.6 is 0 Å². The smallest absolute Gasteiger partial charge is 0.198 e. The molecule has 0 radical (unpaired) electrons. The van der Waals surface area contributed by atoms with Gasteiger partial charge in [-0.15, -0.1) is 0 Å². The number of carbonyl (C=O) groups is 1. The van der Waals surface area contributed by atoms with Crippen molar-refractivity contribution in [3.8, 4) is 0 Å². The van der Waals surface area contributed by atoms with Crippen molar-refractivity contribution < 1.29 is 14.6 Å². The number of ketones is 1. The normalized spacial score (nSPS) is 24.3. The molecule has 0 aromatic rings. The molecule has 0 bridgehead atoms. The van der Waals surface area contributed by atoms with E-state index in [1.54, 1.807) is 0 Å². The topological polar surface area (TPSA) is 49.8 Å². The van der Waals surface area contributed by atoms with E-state index in [1.807, 2.05) is 0 Å². The summed E-state index contributed by atoms with van der Waals surface area (Å²) >= 11 is 0. The molecular weight excluding hydrogens is 182 g/mol. The molecule has 0 unspecified atom stereocenters. The Hall–Kier alpha value is -1.03. The summed E-state index contributed by atoms with van der Waals surface area (Å²) < 4.78 is 5.22. The van der Waals surface area contributed by atoms with Crippen molar-refractivity contribution in [3.05, 3.63) is 11.5 Å². The van der Waals surface area contributed by atoms with Crippen LogP contribution in [-0.2, 0) is 9.53 Å². The van der Waals surface area contributed by atoms with E-state index in [2.05, 4.69) is 4.90 Å². The lowest BCUT2D eigenvalue weighted by Crippen LogP contribution is -2.37. The van der Waals surface area contributed by atoms with E-state index in [-0.39, 0.29) is 11.5 Å². The van der Waals surface area contributed by atoms with Gasteiger partial charge in [-0.3, -0.25) is 4.79 Å². The summed E-state index contributed by atoms with van der Waals surface area (Å²) in [5.41, 5.74) is 0.824. The van der Waals surface area contributed by atoms with Gasteiger partial charge in [0.1, 0.15) is 0 Å². The van der Waals surface area contributed by atoms with Crippen LogP contribution in [0.4, 0.5) is 0 Å². The number of hydrogen-bond donors (Lipinski definition) is 1. The molecule has 0 amide bonds. The van der Waals surface area contributed by atoms with E-state index in [0.29, 0.717) is 19.6 Å². The summed E-state index contributed by atoms with van der Waals surface area (Å²) in [6.07, 6.45) is 2.16. The van der Waals surface area contributed by atoms with Gasteiger partial charge >= 0.3 is 0 Å². The molecule has 0 spiro atoms. The molecule has 2 rings (SSSR count). The van der Waals surface area contributed by atoms with Gasteiger partial charge in [-0.2, -0.15) is 0 Å². The number of aliphatic hydroxyl groups excluding tert-OH is 1. The second-order valence-corrected chi connectivity index (χ2v) is 3.67. The zero-order valence-electron chi connectivity index (χ0n) is 8.16. The Morgan fingerprint density at radius 2 is 1.93 bits per heavy atom. The number of carbonyl (C=O) groups excluding carboxylic acids is 1. The third-order valence-electron chi connectivity index (χ3n) is 2.75. The molecule has 0 aromatic carbocycles. The second-order valence-electron chi connectivity index (χ2n) is 3.67. The molecule has 4 heteroatoms. The Bertz CT molecular complexity index is 267. The maximum Gasteiger partial charge on any atom is 0.198 e. The number of Topliss-reactive ketones (excluding diaryl/α,β-unsaturated/α-hetero) is 1. The minimum absolute atomic E-state index is 0.0156. The van der Waals surface area contributed by atoms with Gasteiger partial charge in [-0.1, -0.05) is 0 Å². The SMILES string of the molecule is O=C1CCCC(N2CCOCC2)=C1O. The standard InChI is InChI=1S/C10H15NO3/c12-9-3-1-2-8(10(9)13)11-4-6-14-7-5-11/h13H,1-7H2. The third-order valence-corrected chi connectivity index (χ3v) is 2.75. The fraction of sp³-hybridized carbons (Fsp3) is 0.700. The van der Waals surface area contributed by atoms with Gasteiger partial charge in [0, 0.05) is 19.5 Å². The Morgan fingerprint density at radius 1 is 1.21 bits per heavy atom. The van der Waals surface area contributed by atoms with Crippen molar-refractivity contribution in [1.29, 1.82) is 0 Å². The van der Waals surface area contributed by atoms with Crippen molar-refractivity contribution in [2.75, 3.05) is 26.3 Å². The fourth-order valence-electron chi connectivity index (χ4n) is 1.96. The van der Waals surface area contributed by atoms with E-state index in [1.165, 1.54) is 0 Å². The quantitative estimate of drug-likeness (QED) is 0.676. The lowest BCUT2D eigenvalue weighted by Gasteiger charge is -2.32. The van der Waals surface area contributed by atoms with Gasteiger partial charge in [-0.25, -0.2) is 0 Å². The largest absolute Gasteiger partial charge is 0.503 e. The molecule has 78 valence electrons. The molecule has 0 atom stereocenters. The number of aliphatic hydroxyl groups is 1. The van der Waals surface area contributed by atoms with Crippen LogP contribution < -0.4 is 0 Å². The van der Waals surface area contributed by atoms with Gasteiger partial charge in [0.2, 0.25) is 0 Å². The molecular formula is C10H15NO3. The third kappa shape index (κ3) is 1.75. The van der Waals surface area contributed by atoms with Crippen LogP contribution in [0.25, 0.3) is 0 Å². The van der Waals surface area contributed by atoms with Crippen LogP contribution in [0.5, 0.6) is 0 Å². The molecule has 0 saturated carbocycles. The second kappa shape index (κ2) is 4.00. The van der Waals surface area contributed by atoms with E-state index in [9.17, 15) is 9.90 Å². The zero-order valence-corrected chi connectivity index (χ0v) is 8.16. The predicted molar refractivity (Wildman–Crippen MR) is 50.9 cm³/mol. The number of nitrogens with zero attached hydrogens (tertiary/aromatic N) is 1. The summed E-state index contributed by atoms with van der Waals surface area (Å²) in [5, 5.41) is 9.64. The minimum atomic E-state index is -0.113. The first-order valence-corrected chi connectivity index (χ1v) is 5.07. The Labute approximate surface area is 83.2 Å². The lowest BCUT2D eigenvalue weighted by molar-refractivity contribution is -0.119. The van der Waals surface area contributed by atoms with Crippen molar-refractivity contribution in [3.63, 3.8) is 0 Å². The summed E-state index contributed by atoms with van der Waals surface area (Å²) in [6, 6.07) is 0. The van der Waals surface area contributed by atoms with Crippen LogP contribution in [0.1, 0.15) is 19.3 Å². The first kappa shape index (κ1) is 9.52. The van der Waals surface area contributed by atoms with Crippen molar-refractivity contribution in [1.82, 2.24) is 4.90 Å². The highest BCUT2D eigenvalue weighted by Gasteiger charge is 2.24. The average Bonchev–Trinajstić information content (AvgIpc) is 2.23. The Morgan fingerprint density at radius 3 is 2.64 bits per heavy atom. The van der Waals surface area contributed by atoms with Crippen molar-refractivity contribution >= 4 is 5.78 Å². The minimum Gasteiger partial charge on any atom is -0.503 e. The van der Waals surface area contributed by atoms with Crippen LogP contribution in [-0.4, -0.2) is 42.1 Å². The highest BCUT2D eigenvalue weighted by Crippen LogP contribution is 2.24. The molecule has 1 aliphatic carbocycles. The molecule has 2 aliphatic rings. The molecule has 1 aliphatic heterocycles. The van der Waals surface area contributed by atoms with E-state index < -0.39 is 0 Å². The molecule has 1 heterocycles. The maximum atomic E-state index is 11.3. The number of hydrogen-bond acceptors (Lipinski definition) is 4. The van der Waals surface area contributed by atoms with E-state index in [4.69, 9.17) is 4.74 Å². The molecule has 1 N–H and O–H groups in total. The first-order valence-electron chi connectivity index (χ1n) is 5.07. The number of rotatable bonds is 1. The summed E-state index contributed by atoms with van der Waals surface area (Å²) in [7, 11) is 0. The summed E-state index contributed by atoms with van der Waals surface area (Å²) in [4.78, 5) is 13.3. The Kier molecular flexibility index (Phi) is 2.72. The summed E-state index contributed by atoms with van der Waals surface area (Å²) in [5.74, 6) is -0.129. The van der Waals surface area contributed by atoms with Crippen LogP contribution in [0.15, 0.2) is 11.5 Å².